The van der Waals surface area contributed by atoms with Crippen molar-refractivity contribution in [3.8, 4) is 0 Å². The van der Waals surface area contributed by atoms with Gasteiger partial charge in [0.2, 0.25) is 11.8 Å². The first kappa shape index (κ1) is 19.1. The van der Waals surface area contributed by atoms with Crippen molar-refractivity contribution in [2.24, 2.45) is 5.92 Å². The van der Waals surface area contributed by atoms with E-state index in [1.54, 1.807) is 11.8 Å². The fourth-order valence-electron chi connectivity index (χ4n) is 3.54. The van der Waals surface area contributed by atoms with E-state index in [0.29, 0.717) is 30.4 Å². The molecule has 0 aliphatic carbocycles. The molecule has 1 aliphatic rings. The number of aromatic nitrogens is 2. The van der Waals surface area contributed by atoms with Crippen LogP contribution in [0.4, 0.5) is 0 Å². The third kappa shape index (κ3) is 4.53. The fraction of sp³-hybridized carbons (Fsp3) is 0.500. The van der Waals surface area contributed by atoms with E-state index in [2.05, 4.69) is 15.5 Å². The van der Waals surface area contributed by atoms with Crippen LogP contribution in [-0.2, 0) is 4.79 Å². The number of nitrogens with zero attached hydrogens (tertiary/aromatic N) is 3. The predicted molar refractivity (Wildman–Crippen MR) is 100 cm³/mol. The second-order valence-corrected chi connectivity index (χ2v) is 7.38. The standard InChI is InChI=1S/C20H26N4O3/c1-12-8-13(2)10-17(9-12)20(26)24-7-5-6-16(11-24)18(25)21-14(3)19-22-15(4)23-27-19/h8-10,14,16H,5-7,11H2,1-4H3,(H,21,25)/t14-,16-/m0/s1. The summed E-state index contributed by atoms with van der Waals surface area (Å²) < 4.78 is 5.11. The molecule has 144 valence electrons. The largest absolute Gasteiger partial charge is 0.344 e. The molecule has 7 heteroatoms. The van der Waals surface area contributed by atoms with E-state index < -0.39 is 0 Å². The van der Waals surface area contributed by atoms with Gasteiger partial charge >= 0.3 is 0 Å². The molecule has 2 aromatic rings. The zero-order chi connectivity index (χ0) is 19.6. The van der Waals surface area contributed by atoms with Gasteiger partial charge in [0, 0.05) is 18.7 Å². The number of aryl methyl sites for hydroxylation is 3. The summed E-state index contributed by atoms with van der Waals surface area (Å²) in [5, 5.41) is 6.67. The first-order chi connectivity index (χ1) is 12.8. The number of carbonyl (C=O) groups is 2. The summed E-state index contributed by atoms with van der Waals surface area (Å²) in [6, 6.07) is 5.49. The highest BCUT2D eigenvalue weighted by molar-refractivity contribution is 5.95. The van der Waals surface area contributed by atoms with Crippen molar-refractivity contribution in [3.05, 3.63) is 46.6 Å². The van der Waals surface area contributed by atoms with Crippen molar-refractivity contribution < 1.29 is 14.1 Å². The number of rotatable bonds is 4. The first-order valence-corrected chi connectivity index (χ1v) is 9.31. The summed E-state index contributed by atoms with van der Waals surface area (Å²) >= 11 is 0. The lowest BCUT2D eigenvalue weighted by Crippen LogP contribution is -2.46. The summed E-state index contributed by atoms with van der Waals surface area (Å²) in [7, 11) is 0. The Kier molecular flexibility index (Phi) is 5.58. The van der Waals surface area contributed by atoms with Crippen LogP contribution in [0.3, 0.4) is 0 Å². The van der Waals surface area contributed by atoms with E-state index >= 15 is 0 Å². The smallest absolute Gasteiger partial charge is 0.253 e. The van der Waals surface area contributed by atoms with Crippen LogP contribution >= 0.6 is 0 Å². The van der Waals surface area contributed by atoms with Gasteiger partial charge in [-0.2, -0.15) is 4.98 Å². The molecule has 0 radical (unpaired) electrons. The van der Waals surface area contributed by atoms with E-state index in [1.165, 1.54) is 0 Å². The Hall–Kier alpha value is -2.70. The maximum absolute atomic E-state index is 12.9. The van der Waals surface area contributed by atoms with E-state index in [1.807, 2.05) is 39.0 Å². The lowest BCUT2D eigenvalue weighted by Gasteiger charge is -2.32. The fourth-order valence-corrected chi connectivity index (χ4v) is 3.54. The molecular formula is C20H26N4O3. The van der Waals surface area contributed by atoms with Gasteiger partial charge in [-0.3, -0.25) is 9.59 Å². The van der Waals surface area contributed by atoms with Crippen LogP contribution in [0.25, 0.3) is 0 Å². The Morgan fingerprint density at radius 3 is 2.56 bits per heavy atom. The Morgan fingerprint density at radius 1 is 1.22 bits per heavy atom. The van der Waals surface area contributed by atoms with Crippen LogP contribution in [0, 0.1) is 26.7 Å². The molecule has 27 heavy (non-hydrogen) atoms. The number of piperidine rings is 1. The molecule has 1 aromatic carbocycles. The van der Waals surface area contributed by atoms with Crippen molar-refractivity contribution in [2.75, 3.05) is 13.1 Å². The van der Waals surface area contributed by atoms with Gasteiger partial charge in [0.25, 0.3) is 5.91 Å². The van der Waals surface area contributed by atoms with Gasteiger partial charge in [0.15, 0.2) is 5.82 Å². The lowest BCUT2D eigenvalue weighted by molar-refractivity contribution is -0.127. The average molecular weight is 370 g/mol. The van der Waals surface area contributed by atoms with E-state index in [-0.39, 0.29) is 23.8 Å². The van der Waals surface area contributed by atoms with Gasteiger partial charge in [-0.05, 0) is 52.7 Å². The molecule has 0 bridgehead atoms. The molecular weight excluding hydrogens is 344 g/mol. The highest BCUT2D eigenvalue weighted by Crippen LogP contribution is 2.21. The Morgan fingerprint density at radius 2 is 1.93 bits per heavy atom. The van der Waals surface area contributed by atoms with Gasteiger partial charge in [-0.1, -0.05) is 22.3 Å². The van der Waals surface area contributed by atoms with Crippen LogP contribution < -0.4 is 5.32 Å². The predicted octanol–water partition coefficient (Wildman–Crippen LogP) is 2.72. The minimum absolute atomic E-state index is 0.0140. The highest BCUT2D eigenvalue weighted by atomic mass is 16.5. The quantitative estimate of drug-likeness (QED) is 0.894. The van der Waals surface area contributed by atoms with E-state index in [9.17, 15) is 9.59 Å². The SMILES string of the molecule is Cc1cc(C)cc(C(=O)N2CCC[C@H](C(=O)N[C@@H](C)c3nc(C)no3)C2)c1. The molecule has 1 aromatic heterocycles. The maximum atomic E-state index is 12.9. The molecule has 2 heterocycles. The lowest BCUT2D eigenvalue weighted by atomic mass is 9.95. The zero-order valence-electron chi connectivity index (χ0n) is 16.3. The Labute approximate surface area is 159 Å². The van der Waals surface area contributed by atoms with Gasteiger partial charge in [0.05, 0.1) is 5.92 Å². The highest BCUT2D eigenvalue weighted by Gasteiger charge is 2.30. The van der Waals surface area contributed by atoms with Gasteiger partial charge in [-0.25, -0.2) is 0 Å². The molecule has 2 atom stereocenters. The molecule has 1 saturated heterocycles. The van der Waals surface area contributed by atoms with E-state index in [4.69, 9.17) is 4.52 Å². The van der Waals surface area contributed by atoms with Crippen LogP contribution in [0.1, 0.15) is 59.0 Å². The molecule has 0 unspecified atom stereocenters. The third-order valence-corrected chi connectivity index (χ3v) is 4.82. The van der Waals surface area contributed by atoms with Gasteiger partial charge in [0.1, 0.15) is 6.04 Å². The number of benzene rings is 1. The second-order valence-electron chi connectivity index (χ2n) is 7.38. The number of hydrogen-bond acceptors (Lipinski definition) is 5. The molecule has 0 spiro atoms. The summed E-state index contributed by atoms with van der Waals surface area (Å²) in [5.41, 5.74) is 2.81. The number of likely N-dealkylation sites (tertiary alicyclic amines) is 1. The summed E-state index contributed by atoms with van der Waals surface area (Å²) in [6.07, 6.45) is 1.57. The summed E-state index contributed by atoms with van der Waals surface area (Å²) in [6.45, 7) is 8.61. The van der Waals surface area contributed by atoms with Gasteiger partial charge < -0.3 is 14.7 Å². The monoisotopic (exact) mass is 370 g/mol. The number of nitrogens with one attached hydrogen (secondary N) is 1. The van der Waals surface area contributed by atoms with Crippen molar-refractivity contribution in [1.82, 2.24) is 20.4 Å². The zero-order valence-corrected chi connectivity index (χ0v) is 16.3. The van der Waals surface area contributed by atoms with Crippen molar-refractivity contribution >= 4 is 11.8 Å². The summed E-state index contributed by atoms with van der Waals surface area (Å²) in [4.78, 5) is 31.5. The maximum Gasteiger partial charge on any atom is 0.253 e. The number of carbonyl (C=O) groups excluding carboxylic acids is 2. The van der Waals surface area contributed by atoms with Crippen LogP contribution in [0.2, 0.25) is 0 Å². The molecule has 7 nitrogen and oxygen atoms in total. The molecule has 1 fully saturated rings. The second kappa shape index (κ2) is 7.90. The van der Waals surface area contributed by atoms with Crippen molar-refractivity contribution in [3.63, 3.8) is 0 Å². The molecule has 0 saturated carbocycles. The van der Waals surface area contributed by atoms with Gasteiger partial charge in [-0.15, -0.1) is 0 Å². The van der Waals surface area contributed by atoms with Crippen LogP contribution in [0.5, 0.6) is 0 Å². The van der Waals surface area contributed by atoms with Crippen molar-refractivity contribution in [2.45, 2.75) is 46.6 Å². The third-order valence-electron chi connectivity index (χ3n) is 4.82. The molecule has 1 aliphatic heterocycles. The minimum Gasteiger partial charge on any atom is -0.344 e. The number of hydrogen-bond donors (Lipinski definition) is 1. The first-order valence-electron chi connectivity index (χ1n) is 9.31. The van der Waals surface area contributed by atoms with Crippen molar-refractivity contribution in [1.29, 1.82) is 0 Å². The van der Waals surface area contributed by atoms with Crippen LogP contribution in [0.15, 0.2) is 22.7 Å². The Bertz CT molecular complexity index is 825. The average Bonchev–Trinajstić information content (AvgIpc) is 3.07. The summed E-state index contributed by atoms with van der Waals surface area (Å²) in [5.74, 6) is 0.588. The molecule has 2 amide bonds. The minimum atomic E-state index is -0.357. The van der Waals surface area contributed by atoms with Crippen LogP contribution in [-0.4, -0.2) is 39.9 Å². The Balaban J connectivity index is 1.64. The molecule has 3 rings (SSSR count). The topological polar surface area (TPSA) is 88.3 Å². The normalized spacial score (nSPS) is 18.2. The van der Waals surface area contributed by atoms with E-state index in [0.717, 1.165) is 24.0 Å². The molecule has 1 N–H and O–H groups in total. The number of amides is 2.